The standard InChI is InChI=1S/C14H14ClN3O2/c1-10-12(15)5-2-6-13(10)16-9-14(19)18-17-8-11-4-3-7-20-11/h2-8,16H,9H2,1H3,(H,18,19)/b17-8-. The van der Waals surface area contributed by atoms with Gasteiger partial charge >= 0.3 is 0 Å². The normalized spacial score (nSPS) is 10.7. The molecule has 20 heavy (non-hydrogen) atoms. The molecular weight excluding hydrogens is 278 g/mol. The molecule has 1 amide bonds. The molecule has 1 heterocycles. The van der Waals surface area contributed by atoms with Crippen molar-refractivity contribution in [3.63, 3.8) is 0 Å². The predicted molar refractivity (Wildman–Crippen MR) is 79.1 cm³/mol. The monoisotopic (exact) mass is 291 g/mol. The number of amides is 1. The second-order valence-electron chi connectivity index (χ2n) is 4.07. The summed E-state index contributed by atoms with van der Waals surface area (Å²) in [5.74, 6) is 0.316. The molecule has 0 fully saturated rings. The minimum atomic E-state index is -0.257. The molecule has 0 aliphatic rings. The summed E-state index contributed by atoms with van der Waals surface area (Å²) in [5, 5.41) is 7.44. The van der Waals surface area contributed by atoms with E-state index in [1.807, 2.05) is 19.1 Å². The van der Waals surface area contributed by atoms with Gasteiger partial charge in [-0.1, -0.05) is 17.7 Å². The van der Waals surface area contributed by atoms with Crippen molar-refractivity contribution in [1.82, 2.24) is 5.43 Å². The fourth-order valence-electron chi connectivity index (χ4n) is 1.55. The zero-order chi connectivity index (χ0) is 14.4. The average Bonchev–Trinajstić information content (AvgIpc) is 2.94. The van der Waals surface area contributed by atoms with Crippen molar-refractivity contribution < 1.29 is 9.21 Å². The Morgan fingerprint density at radius 1 is 1.40 bits per heavy atom. The molecule has 2 aromatic rings. The van der Waals surface area contributed by atoms with Crippen LogP contribution in [0.15, 0.2) is 46.1 Å². The molecule has 1 aromatic carbocycles. The third kappa shape index (κ3) is 3.86. The van der Waals surface area contributed by atoms with E-state index in [-0.39, 0.29) is 12.5 Å². The first-order chi connectivity index (χ1) is 9.66. The van der Waals surface area contributed by atoms with Gasteiger partial charge in [0.2, 0.25) is 0 Å². The number of nitrogens with zero attached hydrogens (tertiary/aromatic N) is 1. The lowest BCUT2D eigenvalue weighted by Crippen LogP contribution is -2.26. The minimum absolute atomic E-state index is 0.108. The third-order valence-electron chi connectivity index (χ3n) is 2.63. The summed E-state index contributed by atoms with van der Waals surface area (Å²) in [6, 6.07) is 8.97. The second kappa shape index (κ2) is 6.77. The van der Waals surface area contributed by atoms with Crippen LogP contribution in [0, 0.1) is 6.92 Å². The highest BCUT2D eigenvalue weighted by atomic mass is 35.5. The number of anilines is 1. The Kier molecular flexibility index (Phi) is 4.79. The molecule has 1 aromatic heterocycles. The van der Waals surface area contributed by atoms with Gasteiger partial charge in [0.25, 0.3) is 5.91 Å². The molecule has 0 aliphatic carbocycles. The van der Waals surface area contributed by atoms with Crippen LogP contribution in [-0.2, 0) is 4.79 Å². The molecule has 0 atom stereocenters. The van der Waals surface area contributed by atoms with Crippen molar-refractivity contribution in [3.8, 4) is 0 Å². The summed E-state index contributed by atoms with van der Waals surface area (Å²) < 4.78 is 5.04. The predicted octanol–water partition coefficient (Wildman–Crippen LogP) is 2.80. The number of nitrogens with one attached hydrogen (secondary N) is 2. The molecule has 0 spiro atoms. The first-order valence-corrected chi connectivity index (χ1v) is 6.39. The van der Waals surface area contributed by atoms with Crippen molar-refractivity contribution in [1.29, 1.82) is 0 Å². The van der Waals surface area contributed by atoms with Crippen molar-refractivity contribution in [2.45, 2.75) is 6.92 Å². The van der Waals surface area contributed by atoms with E-state index < -0.39 is 0 Å². The topological polar surface area (TPSA) is 66.6 Å². The largest absolute Gasteiger partial charge is 0.463 e. The van der Waals surface area contributed by atoms with Crippen LogP contribution in [0.2, 0.25) is 5.02 Å². The average molecular weight is 292 g/mol. The molecule has 2 rings (SSSR count). The lowest BCUT2D eigenvalue weighted by Gasteiger charge is -2.09. The van der Waals surface area contributed by atoms with Crippen LogP contribution in [0.4, 0.5) is 5.69 Å². The van der Waals surface area contributed by atoms with Gasteiger partial charge in [0.05, 0.1) is 19.0 Å². The Balaban J connectivity index is 1.82. The summed E-state index contributed by atoms with van der Waals surface area (Å²) in [4.78, 5) is 11.6. The molecule has 0 saturated heterocycles. The Labute approximate surface area is 121 Å². The molecular formula is C14H14ClN3O2. The van der Waals surface area contributed by atoms with Crippen molar-refractivity contribution in [2.75, 3.05) is 11.9 Å². The zero-order valence-electron chi connectivity index (χ0n) is 10.9. The Hall–Kier alpha value is -2.27. The fourth-order valence-corrected chi connectivity index (χ4v) is 1.72. The van der Waals surface area contributed by atoms with E-state index in [1.54, 1.807) is 18.2 Å². The van der Waals surface area contributed by atoms with Crippen LogP contribution in [0.3, 0.4) is 0 Å². The molecule has 2 N–H and O–H groups in total. The fraction of sp³-hybridized carbons (Fsp3) is 0.143. The highest BCUT2D eigenvalue weighted by Gasteiger charge is 2.04. The number of hydrogen-bond donors (Lipinski definition) is 2. The Morgan fingerprint density at radius 3 is 3.00 bits per heavy atom. The summed E-state index contributed by atoms with van der Waals surface area (Å²) in [5.41, 5.74) is 4.13. The molecule has 5 nitrogen and oxygen atoms in total. The summed E-state index contributed by atoms with van der Waals surface area (Å²) >= 11 is 6.00. The van der Waals surface area contributed by atoms with Gasteiger partial charge in [-0.25, -0.2) is 5.43 Å². The van der Waals surface area contributed by atoms with Crippen molar-refractivity contribution in [2.24, 2.45) is 5.10 Å². The number of hydrogen-bond acceptors (Lipinski definition) is 4. The van der Waals surface area contributed by atoms with Crippen LogP contribution in [0.5, 0.6) is 0 Å². The maximum absolute atomic E-state index is 11.6. The van der Waals surface area contributed by atoms with Crippen LogP contribution in [0.25, 0.3) is 0 Å². The maximum atomic E-state index is 11.6. The van der Waals surface area contributed by atoms with Crippen LogP contribution >= 0.6 is 11.6 Å². The van der Waals surface area contributed by atoms with Crippen LogP contribution < -0.4 is 10.7 Å². The second-order valence-corrected chi connectivity index (χ2v) is 4.48. The lowest BCUT2D eigenvalue weighted by molar-refractivity contribution is -0.119. The van der Waals surface area contributed by atoms with Crippen molar-refractivity contribution >= 4 is 29.4 Å². The zero-order valence-corrected chi connectivity index (χ0v) is 11.6. The van der Waals surface area contributed by atoms with E-state index >= 15 is 0 Å². The summed E-state index contributed by atoms with van der Waals surface area (Å²) in [6.45, 7) is 1.99. The van der Waals surface area contributed by atoms with E-state index in [0.717, 1.165) is 11.3 Å². The maximum Gasteiger partial charge on any atom is 0.259 e. The van der Waals surface area contributed by atoms with Gasteiger partial charge in [0, 0.05) is 10.7 Å². The van der Waals surface area contributed by atoms with Gasteiger partial charge < -0.3 is 9.73 Å². The van der Waals surface area contributed by atoms with Gasteiger partial charge in [0.1, 0.15) is 5.76 Å². The number of carbonyl (C=O) groups is 1. The van der Waals surface area contributed by atoms with Gasteiger partial charge in [-0.15, -0.1) is 0 Å². The number of hydrazone groups is 1. The van der Waals surface area contributed by atoms with E-state index in [2.05, 4.69) is 15.8 Å². The quantitative estimate of drug-likeness (QED) is 0.657. The third-order valence-corrected chi connectivity index (χ3v) is 3.04. The van der Waals surface area contributed by atoms with Crippen LogP contribution in [-0.4, -0.2) is 18.7 Å². The number of rotatable bonds is 5. The number of halogens is 1. The van der Waals surface area contributed by atoms with Crippen LogP contribution in [0.1, 0.15) is 11.3 Å². The van der Waals surface area contributed by atoms with Gasteiger partial charge in [-0.05, 0) is 36.8 Å². The van der Waals surface area contributed by atoms with E-state index in [4.69, 9.17) is 16.0 Å². The van der Waals surface area contributed by atoms with Gasteiger partial charge in [-0.3, -0.25) is 4.79 Å². The molecule has 0 aliphatic heterocycles. The van der Waals surface area contributed by atoms with E-state index in [1.165, 1.54) is 12.5 Å². The summed E-state index contributed by atoms with van der Waals surface area (Å²) in [7, 11) is 0. The summed E-state index contributed by atoms with van der Waals surface area (Å²) in [6.07, 6.45) is 2.97. The molecule has 0 unspecified atom stereocenters. The first-order valence-electron chi connectivity index (χ1n) is 6.01. The minimum Gasteiger partial charge on any atom is -0.463 e. The molecule has 6 heteroatoms. The first kappa shape index (κ1) is 14.1. The Morgan fingerprint density at radius 2 is 2.25 bits per heavy atom. The van der Waals surface area contributed by atoms with Gasteiger partial charge in [0.15, 0.2) is 0 Å². The lowest BCUT2D eigenvalue weighted by atomic mass is 10.2. The molecule has 104 valence electrons. The highest BCUT2D eigenvalue weighted by Crippen LogP contribution is 2.22. The van der Waals surface area contributed by atoms with Gasteiger partial charge in [-0.2, -0.15) is 5.10 Å². The number of benzene rings is 1. The van der Waals surface area contributed by atoms with E-state index in [9.17, 15) is 4.79 Å². The number of furan rings is 1. The number of carbonyl (C=O) groups excluding carboxylic acids is 1. The smallest absolute Gasteiger partial charge is 0.259 e. The molecule has 0 saturated carbocycles. The molecule has 0 bridgehead atoms. The van der Waals surface area contributed by atoms with E-state index in [0.29, 0.717) is 10.8 Å². The van der Waals surface area contributed by atoms with Crippen molar-refractivity contribution in [3.05, 3.63) is 52.9 Å². The highest BCUT2D eigenvalue weighted by molar-refractivity contribution is 6.31. The SMILES string of the molecule is Cc1c(Cl)cccc1NCC(=O)N/N=C\c1ccco1. The Bertz CT molecular complexity index is 609. The molecule has 0 radical (unpaired) electrons.